The van der Waals surface area contributed by atoms with E-state index in [4.69, 9.17) is 4.74 Å². The first kappa shape index (κ1) is 15.7. The lowest BCUT2D eigenvalue weighted by Crippen LogP contribution is -2.12. The molecule has 1 amide bonds. The molecule has 116 valence electrons. The van der Waals surface area contributed by atoms with Crippen molar-refractivity contribution in [3.05, 3.63) is 48.3 Å². The van der Waals surface area contributed by atoms with Crippen LogP contribution >= 0.6 is 0 Å². The van der Waals surface area contributed by atoms with Crippen molar-refractivity contribution < 1.29 is 26.0 Å². The molecule has 0 atom stereocenters. The third kappa shape index (κ3) is 4.42. The number of carbonyl (C=O) groups excluding carboxylic acids is 1. The molecular weight excluding hydrogens is 315 g/mol. The Kier molecular flexibility index (Phi) is 4.56. The zero-order valence-electron chi connectivity index (χ0n) is 11.3. The first-order valence-corrected chi connectivity index (χ1v) is 7.23. The van der Waals surface area contributed by atoms with Gasteiger partial charge in [-0.1, -0.05) is 3.89 Å². The number of amides is 1. The van der Waals surface area contributed by atoms with Gasteiger partial charge in [0.15, 0.2) is 0 Å². The summed E-state index contributed by atoms with van der Waals surface area (Å²) >= 11 is 0. The van der Waals surface area contributed by atoms with Gasteiger partial charge in [0.25, 0.3) is 5.91 Å². The summed E-state index contributed by atoms with van der Waals surface area (Å²) in [6.45, 7) is 0. The van der Waals surface area contributed by atoms with Gasteiger partial charge in [-0.15, -0.1) is 0 Å². The van der Waals surface area contributed by atoms with Crippen LogP contribution in [0.4, 0.5) is 9.57 Å². The normalized spacial score (nSPS) is 10.8. The topological polar surface area (TPSA) is 94.6 Å². The summed E-state index contributed by atoms with van der Waals surface area (Å²) in [5, 5.41) is 2.57. The molecule has 1 aromatic heterocycles. The molecule has 2 aromatic rings. The van der Waals surface area contributed by atoms with Gasteiger partial charge in [-0.2, -0.15) is 8.42 Å². The second kappa shape index (κ2) is 6.39. The maximum Gasteiger partial charge on any atom is 0.488 e. The number of carbonyl (C=O) groups is 1. The summed E-state index contributed by atoms with van der Waals surface area (Å²) < 4.78 is 42.0. The average molecular weight is 326 g/mol. The summed E-state index contributed by atoms with van der Waals surface area (Å²) in [5.41, 5.74) is 0.655. The largest absolute Gasteiger partial charge is 0.495 e. The van der Waals surface area contributed by atoms with Crippen LogP contribution in [0.1, 0.15) is 10.4 Å². The summed E-state index contributed by atoms with van der Waals surface area (Å²) in [4.78, 5) is 15.9. The molecule has 7 nitrogen and oxygen atoms in total. The van der Waals surface area contributed by atoms with Crippen molar-refractivity contribution in [3.63, 3.8) is 0 Å². The molecule has 0 aliphatic carbocycles. The van der Waals surface area contributed by atoms with E-state index in [0.29, 0.717) is 11.4 Å². The van der Waals surface area contributed by atoms with E-state index in [1.807, 2.05) is 0 Å². The predicted molar refractivity (Wildman–Crippen MR) is 75.8 cm³/mol. The maximum absolute atomic E-state index is 12.3. The number of benzene rings is 1. The van der Waals surface area contributed by atoms with Crippen LogP contribution in [0.25, 0.3) is 0 Å². The van der Waals surface area contributed by atoms with E-state index in [9.17, 15) is 17.1 Å². The lowest BCUT2D eigenvalue weighted by atomic mass is 10.2. The minimum atomic E-state index is -5.07. The number of aromatic nitrogens is 1. The van der Waals surface area contributed by atoms with Gasteiger partial charge < -0.3 is 14.2 Å². The number of methoxy groups -OCH3 is 1. The number of nitrogens with zero attached hydrogens (tertiary/aromatic N) is 1. The number of rotatable bonds is 5. The van der Waals surface area contributed by atoms with Gasteiger partial charge in [-0.05, 0) is 30.3 Å². The second-order valence-electron chi connectivity index (χ2n) is 4.07. The maximum atomic E-state index is 12.3. The minimum Gasteiger partial charge on any atom is -0.495 e. The molecular formula is C13H11FN2O5S. The number of hydrogen-bond acceptors (Lipinski definition) is 6. The Hall–Kier alpha value is -2.68. The number of anilines is 1. The van der Waals surface area contributed by atoms with Crippen molar-refractivity contribution in [3.8, 4) is 11.5 Å². The van der Waals surface area contributed by atoms with E-state index in [2.05, 4.69) is 14.5 Å². The predicted octanol–water partition coefficient (Wildman–Crippen LogP) is 1.94. The fraction of sp³-hybridized carbons (Fsp3) is 0.0769. The molecule has 0 fully saturated rings. The van der Waals surface area contributed by atoms with Crippen LogP contribution in [0.5, 0.6) is 11.5 Å². The van der Waals surface area contributed by atoms with Crippen molar-refractivity contribution in [1.29, 1.82) is 0 Å². The number of hydrogen-bond donors (Lipinski definition) is 1. The fourth-order valence-corrected chi connectivity index (χ4v) is 1.91. The number of pyridine rings is 1. The molecule has 1 heterocycles. The Morgan fingerprint density at radius 1 is 1.18 bits per heavy atom. The van der Waals surface area contributed by atoms with Gasteiger partial charge in [0.2, 0.25) is 0 Å². The fourth-order valence-electron chi connectivity index (χ4n) is 1.57. The molecule has 0 unspecified atom stereocenters. The van der Waals surface area contributed by atoms with E-state index in [-0.39, 0.29) is 11.3 Å². The average Bonchev–Trinajstić information content (AvgIpc) is 2.48. The molecule has 0 aliphatic heterocycles. The van der Waals surface area contributed by atoms with Gasteiger partial charge in [-0.3, -0.25) is 9.78 Å². The lowest BCUT2D eigenvalue weighted by Gasteiger charge is -2.07. The van der Waals surface area contributed by atoms with Crippen LogP contribution in [0.2, 0.25) is 0 Å². The zero-order valence-corrected chi connectivity index (χ0v) is 12.1. The highest BCUT2D eigenvalue weighted by molar-refractivity contribution is 7.81. The van der Waals surface area contributed by atoms with Gasteiger partial charge in [0.05, 0.1) is 18.9 Å². The van der Waals surface area contributed by atoms with Crippen LogP contribution in [0, 0.1) is 0 Å². The first-order valence-electron chi connectivity index (χ1n) is 5.92. The lowest BCUT2D eigenvalue weighted by molar-refractivity contribution is 0.102. The van der Waals surface area contributed by atoms with E-state index in [1.54, 1.807) is 0 Å². The van der Waals surface area contributed by atoms with E-state index in [1.165, 1.54) is 49.8 Å². The Morgan fingerprint density at radius 3 is 2.45 bits per heavy atom. The van der Waals surface area contributed by atoms with Crippen molar-refractivity contribution in [2.75, 3.05) is 12.4 Å². The molecule has 9 heteroatoms. The molecule has 1 N–H and O–H groups in total. The molecule has 0 spiro atoms. The molecule has 1 aromatic carbocycles. The number of nitrogens with one attached hydrogen (secondary N) is 1. The van der Waals surface area contributed by atoms with Gasteiger partial charge in [-0.25, -0.2) is 0 Å². The standard InChI is InChI=1S/C13H11FN2O5S/c1-20-12-6-9(7-15-8-12)13(17)16-10-2-4-11(5-3-10)21-22(14,18)19/h2-8H,1H3,(H,16,17). The van der Waals surface area contributed by atoms with Crippen LogP contribution in [-0.4, -0.2) is 26.4 Å². The van der Waals surface area contributed by atoms with Gasteiger partial charge >= 0.3 is 10.5 Å². The summed E-state index contributed by atoms with van der Waals surface area (Å²) in [6.07, 6.45) is 2.82. The SMILES string of the molecule is COc1cncc(C(=O)Nc2ccc(OS(=O)(=O)F)cc2)c1. The zero-order chi connectivity index (χ0) is 16.2. The molecule has 0 saturated heterocycles. The highest BCUT2D eigenvalue weighted by Crippen LogP contribution is 2.19. The van der Waals surface area contributed by atoms with E-state index < -0.39 is 16.4 Å². The van der Waals surface area contributed by atoms with Crippen molar-refractivity contribution in [2.24, 2.45) is 0 Å². The van der Waals surface area contributed by atoms with Crippen molar-refractivity contribution in [2.45, 2.75) is 0 Å². The van der Waals surface area contributed by atoms with Gasteiger partial charge in [0.1, 0.15) is 11.5 Å². The van der Waals surface area contributed by atoms with Crippen LogP contribution in [-0.2, 0) is 10.5 Å². The quantitative estimate of drug-likeness (QED) is 0.844. The Bertz CT molecular complexity index is 777. The Labute approximate surface area is 126 Å². The summed E-state index contributed by atoms with van der Waals surface area (Å²) in [6, 6.07) is 6.65. The molecule has 0 radical (unpaired) electrons. The number of halogens is 1. The molecule has 0 bridgehead atoms. The van der Waals surface area contributed by atoms with E-state index >= 15 is 0 Å². The summed E-state index contributed by atoms with van der Waals surface area (Å²) in [5.74, 6) is -0.203. The minimum absolute atomic E-state index is 0.205. The summed E-state index contributed by atoms with van der Waals surface area (Å²) in [7, 11) is -3.62. The Balaban J connectivity index is 2.08. The van der Waals surface area contributed by atoms with E-state index in [0.717, 1.165) is 0 Å². The first-order chi connectivity index (χ1) is 10.4. The van der Waals surface area contributed by atoms with Crippen molar-refractivity contribution >= 4 is 22.1 Å². The molecule has 0 saturated carbocycles. The van der Waals surface area contributed by atoms with Crippen LogP contribution < -0.4 is 14.2 Å². The van der Waals surface area contributed by atoms with Crippen LogP contribution in [0.15, 0.2) is 42.7 Å². The van der Waals surface area contributed by atoms with Crippen LogP contribution in [0.3, 0.4) is 0 Å². The molecule has 0 aliphatic rings. The van der Waals surface area contributed by atoms with Crippen molar-refractivity contribution in [1.82, 2.24) is 4.98 Å². The third-order valence-electron chi connectivity index (χ3n) is 2.52. The Morgan fingerprint density at radius 2 is 1.86 bits per heavy atom. The van der Waals surface area contributed by atoms with Gasteiger partial charge in [0, 0.05) is 11.9 Å². The third-order valence-corrected chi connectivity index (χ3v) is 2.91. The highest BCUT2D eigenvalue weighted by Gasteiger charge is 2.11. The number of ether oxygens (including phenoxy) is 1. The highest BCUT2D eigenvalue weighted by atomic mass is 32.3. The molecule has 2 rings (SSSR count). The monoisotopic (exact) mass is 326 g/mol. The molecule has 22 heavy (non-hydrogen) atoms. The smallest absolute Gasteiger partial charge is 0.488 e. The second-order valence-corrected chi connectivity index (χ2v) is 5.02.